The van der Waals surface area contributed by atoms with E-state index in [4.69, 9.17) is 4.74 Å². The number of benzene rings is 1. The topological polar surface area (TPSA) is 91.0 Å². The van der Waals surface area contributed by atoms with Crippen molar-refractivity contribution in [1.29, 1.82) is 0 Å². The molecule has 0 aliphatic carbocycles. The van der Waals surface area contributed by atoms with E-state index in [1.54, 1.807) is 41.1 Å². The molecule has 8 heteroatoms. The van der Waals surface area contributed by atoms with Crippen molar-refractivity contribution in [3.05, 3.63) is 24.3 Å². The van der Waals surface area contributed by atoms with Crippen molar-refractivity contribution in [3.63, 3.8) is 0 Å². The number of hydrogen-bond acceptors (Lipinski definition) is 4. The van der Waals surface area contributed by atoms with Gasteiger partial charge in [-0.1, -0.05) is 6.07 Å². The molecule has 1 aromatic carbocycles. The van der Waals surface area contributed by atoms with Gasteiger partial charge in [0.1, 0.15) is 5.60 Å². The fourth-order valence-corrected chi connectivity index (χ4v) is 3.28. The molecule has 0 spiro atoms. The lowest BCUT2D eigenvalue weighted by Gasteiger charge is -2.35. The van der Waals surface area contributed by atoms with E-state index >= 15 is 0 Å². The average molecular weight is 405 g/mol. The van der Waals surface area contributed by atoms with Crippen molar-refractivity contribution >= 4 is 29.4 Å². The highest BCUT2D eigenvalue weighted by Gasteiger charge is 2.27. The normalized spacial score (nSPS) is 16.7. The summed E-state index contributed by atoms with van der Waals surface area (Å²) in [6.45, 7) is 8.74. The maximum Gasteiger partial charge on any atom is 0.410 e. The summed E-state index contributed by atoms with van der Waals surface area (Å²) in [7, 11) is 1.72. The summed E-state index contributed by atoms with van der Waals surface area (Å²) in [5, 5.41) is 5.58. The fraction of sp³-hybridized carbons (Fsp3) is 0.571. The summed E-state index contributed by atoms with van der Waals surface area (Å²) in [5.74, 6) is 0.0270. The first kappa shape index (κ1) is 22.5. The number of rotatable bonds is 4. The van der Waals surface area contributed by atoms with Crippen LogP contribution in [-0.2, 0) is 9.53 Å². The Hall–Kier alpha value is -2.77. The maximum atomic E-state index is 12.7. The van der Waals surface area contributed by atoms with Gasteiger partial charge in [-0.3, -0.25) is 4.79 Å². The third-order valence-corrected chi connectivity index (χ3v) is 4.48. The van der Waals surface area contributed by atoms with Gasteiger partial charge in [0.25, 0.3) is 0 Å². The fourth-order valence-electron chi connectivity index (χ4n) is 3.28. The van der Waals surface area contributed by atoms with Gasteiger partial charge in [0, 0.05) is 45.0 Å². The summed E-state index contributed by atoms with van der Waals surface area (Å²) in [4.78, 5) is 39.4. The van der Waals surface area contributed by atoms with E-state index in [0.717, 1.165) is 12.8 Å². The van der Waals surface area contributed by atoms with E-state index in [0.29, 0.717) is 31.0 Å². The molecule has 2 rings (SSSR count). The highest BCUT2D eigenvalue weighted by Crippen LogP contribution is 2.21. The van der Waals surface area contributed by atoms with Crippen LogP contribution >= 0.6 is 0 Å². The zero-order valence-electron chi connectivity index (χ0n) is 17.9. The smallest absolute Gasteiger partial charge is 0.410 e. The number of nitrogens with zero attached hydrogens (tertiary/aromatic N) is 2. The molecule has 0 saturated carbocycles. The van der Waals surface area contributed by atoms with Gasteiger partial charge < -0.3 is 25.2 Å². The standard InChI is InChI=1S/C21H32N4O4/c1-15(26)22-17-9-6-10-18(12-17)23-19(27)25-11-7-8-16(14-25)13-24(5)20(28)29-21(2,3)4/h6,9-10,12,16H,7-8,11,13-14H2,1-5H3,(H,22,26)(H,23,27). The van der Waals surface area contributed by atoms with Crippen LogP contribution in [0.4, 0.5) is 21.0 Å². The van der Waals surface area contributed by atoms with E-state index in [1.807, 2.05) is 20.8 Å². The number of hydrogen-bond donors (Lipinski definition) is 2. The zero-order chi connectivity index (χ0) is 21.6. The third-order valence-electron chi connectivity index (χ3n) is 4.48. The van der Waals surface area contributed by atoms with Crippen molar-refractivity contribution < 1.29 is 19.1 Å². The summed E-state index contributed by atoms with van der Waals surface area (Å²) >= 11 is 0. The number of ether oxygens (including phenoxy) is 1. The highest BCUT2D eigenvalue weighted by molar-refractivity contribution is 5.92. The summed E-state index contributed by atoms with van der Waals surface area (Å²) in [6.07, 6.45) is 1.48. The number of likely N-dealkylation sites (tertiary alicyclic amines) is 1. The van der Waals surface area contributed by atoms with Crippen molar-refractivity contribution in [3.8, 4) is 0 Å². The van der Waals surface area contributed by atoms with Crippen molar-refractivity contribution in [1.82, 2.24) is 9.80 Å². The van der Waals surface area contributed by atoms with Crippen LogP contribution in [0.3, 0.4) is 0 Å². The number of carbonyl (C=O) groups is 3. The lowest BCUT2D eigenvalue weighted by Crippen LogP contribution is -2.46. The van der Waals surface area contributed by atoms with Gasteiger partial charge in [0.2, 0.25) is 5.91 Å². The minimum absolute atomic E-state index is 0.165. The van der Waals surface area contributed by atoms with Crippen LogP contribution in [0.2, 0.25) is 0 Å². The predicted molar refractivity (Wildman–Crippen MR) is 113 cm³/mol. The number of nitrogens with one attached hydrogen (secondary N) is 2. The quantitative estimate of drug-likeness (QED) is 0.799. The first-order valence-corrected chi connectivity index (χ1v) is 9.91. The van der Waals surface area contributed by atoms with Crippen molar-refractivity contribution in [2.45, 2.75) is 46.1 Å². The predicted octanol–water partition coefficient (Wildman–Crippen LogP) is 3.76. The van der Waals surface area contributed by atoms with Crippen LogP contribution in [-0.4, -0.2) is 60.1 Å². The van der Waals surface area contributed by atoms with Gasteiger partial charge in [-0.15, -0.1) is 0 Å². The van der Waals surface area contributed by atoms with E-state index < -0.39 is 5.60 Å². The number of piperidine rings is 1. The average Bonchev–Trinajstić information content (AvgIpc) is 2.60. The molecule has 160 valence electrons. The second-order valence-electron chi connectivity index (χ2n) is 8.51. The summed E-state index contributed by atoms with van der Waals surface area (Å²) in [6, 6.07) is 6.85. The first-order chi connectivity index (χ1) is 13.5. The first-order valence-electron chi connectivity index (χ1n) is 9.91. The summed E-state index contributed by atoms with van der Waals surface area (Å²) < 4.78 is 5.40. The van der Waals surface area contributed by atoms with Gasteiger partial charge >= 0.3 is 12.1 Å². The molecule has 1 unspecified atom stereocenters. The Morgan fingerprint density at radius 2 is 1.86 bits per heavy atom. The van der Waals surface area contributed by atoms with Crippen molar-refractivity contribution in [2.75, 3.05) is 37.3 Å². The molecule has 1 saturated heterocycles. The van der Waals surface area contributed by atoms with Gasteiger partial charge in [-0.25, -0.2) is 9.59 Å². The molecular formula is C21H32N4O4. The van der Waals surface area contributed by atoms with Crippen molar-refractivity contribution in [2.24, 2.45) is 5.92 Å². The number of carbonyl (C=O) groups excluding carboxylic acids is 3. The lowest BCUT2D eigenvalue weighted by atomic mass is 9.98. The number of amides is 4. The Labute approximate surface area is 172 Å². The minimum Gasteiger partial charge on any atom is -0.444 e. The second kappa shape index (κ2) is 9.62. The van der Waals surface area contributed by atoms with Gasteiger partial charge in [-0.2, -0.15) is 0 Å². The molecule has 0 bridgehead atoms. The molecule has 4 amide bonds. The SMILES string of the molecule is CC(=O)Nc1cccc(NC(=O)N2CCCC(CN(C)C(=O)OC(C)(C)C)C2)c1. The highest BCUT2D eigenvalue weighted by atomic mass is 16.6. The molecule has 8 nitrogen and oxygen atoms in total. The maximum absolute atomic E-state index is 12.7. The number of anilines is 2. The molecule has 2 N–H and O–H groups in total. The second-order valence-corrected chi connectivity index (χ2v) is 8.51. The Balaban J connectivity index is 1.90. The molecule has 1 aliphatic rings. The summed E-state index contributed by atoms with van der Waals surface area (Å²) in [5.41, 5.74) is 0.718. The molecular weight excluding hydrogens is 372 g/mol. The monoisotopic (exact) mass is 404 g/mol. The van der Waals surface area contributed by atoms with E-state index in [1.165, 1.54) is 6.92 Å². The Morgan fingerprint density at radius 1 is 1.21 bits per heavy atom. The minimum atomic E-state index is -0.532. The molecule has 0 aromatic heterocycles. The molecule has 1 atom stereocenters. The van der Waals surface area contributed by atoms with E-state index in [9.17, 15) is 14.4 Å². The molecule has 29 heavy (non-hydrogen) atoms. The lowest BCUT2D eigenvalue weighted by molar-refractivity contribution is -0.114. The van der Waals surface area contributed by atoms with E-state index in [2.05, 4.69) is 10.6 Å². The van der Waals surface area contributed by atoms with Crippen LogP contribution < -0.4 is 10.6 Å². The van der Waals surface area contributed by atoms with Crippen LogP contribution in [0.25, 0.3) is 0 Å². The Kier molecular flexibility index (Phi) is 7.47. The Bertz CT molecular complexity index is 744. The zero-order valence-corrected chi connectivity index (χ0v) is 17.9. The van der Waals surface area contributed by atoms with E-state index in [-0.39, 0.29) is 23.9 Å². The van der Waals surface area contributed by atoms with Gasteiger partial charge in [0.15, 0.2) is 0 Å². The molecule has 1 fully saturated rings. The molecule has 1 aromatic rings. The number of urea groups is 1. The Morgan fingerprint density at radius 3 is 2.48 bits per heavy atom. The third kappa shape index (κ3) is 7.63. The molecule has 1 aliphatic heterocycles. The van der Waals surface area contributed by atoms with Crippen LogP contribution in [0.15, 0.2) is 24.3 Å². The van der Waals surface area contributed by atoms with Gasteiger partial charge in [0.05, 0.1) is 0 Å². The van der Waals surface area contributed by atoms with Crippen LogP contribution in [0, 0.1) is 5.92 Å². The molecule has 0 radical (unpaired) electrons. The molecule has 1 heterocycles. The van der Waals surface area contributed by atoms with Crippen LogP contribution in [0.1, 0.15) is 40.5 Å². The van der Waals surface area contributed by atoms with Crippen LogP contribution in [0.5, 0.6) is 0 Å². The van der Waals surface area contributed by atoms with Gasteiger partial charge in [-0.05, 0) is 57.7 Å². The largest absolute Gasteiger partial charge is 0.444 e.